The van der Waals surface area contributed by atoms with Gasteiger partial charge in [0.05, 0.1) is 0 Å². The van der Waals surface area contributed by atoms with Gasteiger partial charge in [-0.3, -0.25) is 0 Å². The highest BCUT2D eigenvalue weighted by molar-refractivity contribution is 4.83. The van der Waals surface area contributed by atoms with Crippen LogP contribution < -0.4 is 5.73 Å². The number of nitrogens with two attached hydrogens (primary N) is 1. The van der Waals surface area contributed by atoms with E-state index in [1.54, 1.807) is 7.11 Å². The van der Waals surface area contributed by atoms with Crippen LogP contribution in [0.5, 0.6) is 0 Å². The Morgan fingerprint density at radius 3 is 2.76 bits per heavy atom. The summed E-state index contributed by atoms with van der Waals surface area (Å²) in [4.78, 5) is 2.42. The Kier molecular flexibility index (Phi) is 7.09. The predicted molar refractivity (Wildman–Crippen MR) is 73.1 cm³/mol. The lowest BCUT2D eigenvalue weighted by Gasteiger charge is -2.36. The lowest BCUT2D eigenvalue weighted by Crippen LogP contribution is -2.42. The summed E-state index contributed by atoms with van der Waals surface area (Å²) < 4.78 is 5.09. The molecular weight excluding hydrogens is 212 g/mol. The third kappa shape index (κ3) is 5.36. The number of methoxy groups -OCH3 is 1. The van der Waals surface area contributed by atoms with Crippen molar-refractivity contribution in [3.63, 3.8) is 0 Å². The standard InChI is InChI=1S/C14H30N2O/c1-4-12-6-7-14(15)13(10-12)11-16(2)8-5-9-17-3/h12-14H,4-11,15H2,1-3H3. The predicted octanol–water partition coefficient (Wildman–Crippen LogP) is 2.11. The Labute approximate surface area is 107 Å². The molecule has 3 nitrogen and oxygen atoms in total. The van der Waals surface area contributed by atoms with E-state index in [0.29, 0.717) is 12.0 Å². The van der Waals surface area contributed by atoms with Gasteiger partial charge in [0, 0.05) is 32.8 Å². The second-order valence-electron chi connectivity index (χ2n) is 5.62. The molecule has 1 aliphatic rings. The van der Waals surface area contributed by atoms with Crippen molar-refractivity contribution in [3.05, 3.63) is 0 Å². The Bertz CT molecular complexity index is 199. The Hall–Kier alpha value is -0.120. The van der Waals surface area contributed by atoms with Gasteiger partial charge < -0.3 is 15.4 Å². The van der Waals surface area contributed by atoms with E-state index in [1.165, 1.54) is 25.7 Å². The molecule has 1 saturated carbocycles. The maximum Gasteiger partial charge on any atom is 0.0474 e. The number of rotatable bonds is 7. The molecule has 17 heavy (non-hydrogen) atoms. The summed E-state index contributed by atoms with van der Waals surface area (Å²) in [7, 11) is 3.97. The molecule has 3 unspecified atom stereocenters. The summed E-state index contributed by atoms with van der Waals surface area (Å²) in [5.74, 6) is 1.61. The van der Waals surface area contributed by atoms with E-state index >= 15 is 0 Å². The zero-order valence-electron chi connectivity index (χ0n) is 11.8. The van der Waals surface area contributed by atoms with Crippen molar-refractivity contribution < 1.29 is 4.74 Å². The summed E-state index contributed by atoms with van der Waals surface area (Å²) >= 11 is 0. The third-order valence-electron chi connectivity index (χ3n) is 4.16. The monoisotopic (exact) mass is 242 g/mol. The molecule has 0 aromatic heterocycles. The quantitative estimate of drug-likeness (QED) is 0.695. The zero-order valence-corrected chi connectivity index (χ0v) is 11.8. The highest BCUT2D eigenvalue weighted by Gasteiger charge is 2.27. The molecule has 102 valence electrons. The van der Waals surface area contributed by atoms with Crippen LogP contribution in [0.1, 0.15) is 39.0 Å². The van der Waals surface area contributed by atoms with Crippen molar-refractivity contribution in [3.8, 4) is 0 Å². The third-order valence-corrected chi connectivity index (χ3v) is 4.16. The summed E-state index contributed by atoms with van der Waals surface area (Å²) in [6.07, 6.45) is 6.31. The molecule has 1 fully saturated rings. The molecule has 2 N–H and O–H groups in total. The average Bonchev–Trinajstić information content (AvgIpc) is 2.32. The van der Waals surface area contributed by atoms with E-state index in [0.717, 1.165) is 32.0 Å². The molecule has 0 heterocycles. The second kappa shape index (κ2) is 8.06. The zero-order chi connectivity index (χ0) is 12.7. The number of nitrogens with zero attached hydrogens (tertiary/aromatic N) is 1. The SMILES string of the molecule is CCC1CCC(N)C(CN(C)CCCOC)C1. The minimum absolute atomic E-state index is 0.419. The number of ether oxygens (including phenoxy) is 1. The first-order chi connectivity index (χ1) is 8.17. The van der Waals surface area contributed by atoms with Crippen molar-refractivity contribution in [1.82, 2.24) is 4.90 Å². The van der Waals surface area contributed by atoms with Crippen molar-refractivity contribution in [1.29, 1.82) is 0 Å². The molecule has 3 heteroatoms. The maximum atomic E-state index is 6.25. The molecule has 0 amide bonds. The van der Waals surface area contributed by atoms with Gasteiger partial charge in [-0.25, -0.2) is 0 Å². The van der Waals surface area contributed by atoms with Gasteiger partial charge in [-0.05, 0) is 44.6 Å². The van der Waals surface area contributed by atoms with Gasteiger partial charge in [0.2, 0.25) is 0 Å². The van der Waals surface area contributed by atoms with Crippen LogP contribution in [0.25, 0.3) is 0 Å². The van der Waals surface area contributed by atoms with E-state index in [4.69, 9.17) is 10.5 Å². The number of hydrogen-bond acceptors (Lipinski definition) is 3. The lowest BCUT2D eigenvalue weighted by atomic mass is 9.77. The molecule has 0 aromatic rings. The molecule has 0 spiro atoms. The second-order valence-corrected chi connectivity index (χ2v) is 5.62. The highest BCUT2D eigenvalue weighted by atomic mass is 16.5. The molecule has 0 saturated heterocycles. The highest BCUT2D eigenvalue weighted by Crippen LogP contribution is 2.30. The van der Waals surface area contributed by atoms with Gasteiger partial charge in [-0.2, -0.15) is 0 Å². The van der Waals surface area contributed by atoms with E-state index < -0.39 is 0 Å². The van der Waals surface area contributed by atoms with Gasteiger partial charge >= 0.3 is 0 Å². The van der Waals surface area contributed by atoms with Crippen LogP contribution in [0.2, 0.25) is 0 Å². The Morgan fingerprint density at radius 2 is 2.12 bits per heavy atom. The maximum absolute atomic E-state index is 6.25. The van der Waals surface area contributed by atoms with Crippen molar-refractivity contribution in [2.45, 2.75) is 45.1 Å². The van der Waals surface area contributed by atoms with Gasteiger partial charge in [0.15, 0.2) is 0 Å². The molecule has 0 radical (unpaired) electrons. The average molecular weight is 242 g/mol. The normalized spacial score (nSPS) is 29.8. The molecular formula is C14H30N2O. The van der Waals surface area contributed by atoms with E-state index in [9.17, 15) is 0 Å². The fourth-order valence-corrected chi connectivity index (χ4v) is 2.94. The van der Waals surface area contributed by atoms with Crippen LogP contribution in [0.3, 0.4) is 0 Å². The minimum Gasteiger partial charge on any atom is -0.385 e. The first-order valence-corrected chi connectivity index (χ1v) is 7.10. The molecule has 0 aromatic carbocycles. The van der Waals surface area contributed by atoms with Gasteiger partial charge in [0.25, 0.3) is 0 Å². The molecule has 0 bridgehead atoms. The van der Waals surface area contributed by atoms with E-state index in [-0.39, 0.29) is 0 Å². The first kappa shape index (κ1) is 14.9. The molecule has 3 atom stereocenters. The lowest BCUT2D eigenvalue weighted by molar-refractivity contribution is 0.150. The van der Waals surface area contributed by atoms with E-state index in [1.807, 2.05) is 0 Å². The summed E-state index contributed by atoms with van der Waals surface area (Å²) in [5.41, 5.74) is 6.25. The smallest absolute Gasteiger partial charge is 0.0474 e. The topological polar surface area (TPSA) is 38.5 Å². The van der Waals surface area contributed by atoms with Crippen LogP contribution in [0.4, 0.5) is 0 Å². The largest absolute Gasteiger partial charge is 0.385 e. The fourth-order valence-electron chi connectivity index (χ4n) is 2.94. The van der Waals surface area contributed by atoms with Gasteiger partial charge in [0.1, 0.15) is 0 Å². The Morgan fingerprint density at radius 1 is 1.35 bits per heavy atom. The van der Waals surface area contributed by atoms with Gasteiger partial charge in [-0.15, -0.1) is 0 Å². The van der Waals surface area contributed by atoms with Crippen LogP contribution in [-0.4, -0.2) is 44.8 Å². The summed E-state index contributed by atoms with van der Waals surface area (Å²) in [5, 5.41) is 0. The van der Waals surface area contributed by atoms with Crippen molar-refractivity contribution in [2.75, 3.05) is 33.9 Å². The van der Waals surface area contributed by atoms with Crippen LogP contribution >= 0.6 is 0 Å². The minimum atomic E-state index is 0.419. The molecule has 0 aliphatic heterocycles. The molecule has 1 rings (SSSR count). The van der Waals surface area contributed by atoms with Crippen molar-refractivity contribution >= 4 is 0 Å². The van der Waals surface area contributed by atoms with E-state index in [2.05, 4.69) is 18.9 Å². The molecule has 1 aliphatic carbocycles. The first-order valence-electron chi connectivity index (χ1n) is 7.10. The number of hydrogen-bond donors (Lipinski definition) is 1. The van der Waals surface area contributed by atoms with Crippen molar-refractivity contribution in [2.24, 2.45) is 17.6 Å². The summed E-state index contributed by atoms with van der Waals surface area (Å²) in [6, 6.07) is 0.419. The summed E-state index contributed by atoms with van der Waals surface area (Å²) in [6.45, 7) is 5.44. The fraction of sp³-hybridized carbons (Fsp3) is 1.00. The van der Waals surface area contributed by atoms with Crippen LogP contribution in [-0.2, 0) is 4.74 Å². The van der Waals surface area contributed by atoms with Crippen LogP contribution in [0, 0.1) is 11.8 Å². The van der Waals surface area contributed by atoms with Crippen LogP contribution in [0.15, 0.2) is 0 Å². The van der Waals surface area contributed by atoms with Gasteiger partial charge in [-0.1, -0.05) is 13.3 Å². The Balaban J connectivity index is 2.27.